The minimum atomic E-state index is -0.434. The van der Waals surface area contributed by atoms with Crippen molar-refractivity contribution in [2.45, 2.75) is 70.4 Å². The number of carbonyl (C=O) groups is 1. The summed E-state index contributed by atoms with van der Waals surface area (Å²) in [7, 11) is 0. The summed E-state index contributed by atoms with van der Waals surface area (Å²) < 4.78 is 5.70. The van der Waals surface area contributed by atoms with E-state index in [0.717, 1.165) is 13.0 Å². The monoisotopic (exact) mass is 313 g/mol. The first-order valence-electron chi connectivity index (χ1n) is 8.95. The fourth-order valence-electron chi connectivity index (χ4n) is 3.97. The molecule has 1 saturated heterocycles. The molecule has 4 rings (SSSR count). The minimum Gasteiger partial charge on any atom is -0.444 e. The van der Waals surface area contributed by atoms with E-state index in [-0.39, 0.29) is 12.1 Å². The third-order valence-electron chi connectivity index (χ3n) is 5.47. The molecule has 23 heavy (non-hydrogen) atoms. The van der Waals surface area contributed by atoms with Gasteiger partial charge in [-0.25, -0.2) is 4.79 Å². The van der Waals surface area contributed by atoms with Gasteiger partial charge in [0.05, 0.1) is 6.04 Å². The Labute approximate surface area is 139 Å². The normalized spacial score (nSPS) is 25.7. The Hall–Kier alpha value is -1.51. The average molecular weight is 313 g/mol. The molecule has 2 aliphatic carbocycles. The lowest BCUT2D eigenvalue weighted by molar-refractivity contribution is 0.0217. The molecule has 2 saturated carbocycles. The van der Waals surface area contributed by atoms with Gasteiger partial charge in [0.2, 0.25) is 0 Å². The fourth-order valence-corrected chi connectivity index (χ4v) is 3.97. The van der Waals surface area contributed by atoms with E-state index in [9.17, 15) is 4.79 Å². The summed E-state index contributed by atoms with van der Waals surface area (Å²) in [5, 5.41) is 0. The molecule has 1 amide bonds. The van der Waals surface area contributed by atoms with Crippen molar-refractivity contribution in [2.24, 2.45) is 5.41 Å². The molecular weight excluding hydrogens is 286 g/mol. The largest absolute Gasteiger partial charge is 0.444 e. The summed E-state index contributed by atoms with van der Waals surface area (Å²) >= 11 is 0. The Bertz CT molecular complexity index is 623. The molecule has 1 aromatic carbocycles. The van der Waals surface area contributed by atoms with Crippen LogP contribution in [0.2, 0.25) is 0 Å². The highest BCUT2D eigenvalue weighted by Gasteiger charge is 2.54. The third kappa shape index (κ3) is 2.98. The summed E-state index contributed by atoms with van der Waals surface area (Å²) in [5.41, 5.74) is 2.77. The van der Waals surface area contributed by atoms with E-state index in [2.05, 4.69) is 24.3 Å². The third-order valence-corrected chi connectivity index (χ3v) is 5.47. The van der Waals surface area contributed by atoms with Crippen LogP contribution in [0.25, 0.3) is 0 Å². The van der Waals surface area contributed by atoms with Gasteiger partial charge in [0.25, 0.3) is 0 Å². The number of hydrogen-bond donors (Lipinski definition) is 0. The maximum absolute atomic E-state index is 12.8. The highest BCUT2D eigenvalue weighted by molar-refractivity contribution is 5.70. The predicted octanol–water partition coefficient (Wildman–Crippen LogP) is 5.03. The first kappa shape index (κ1) is 15.0. The lowest BCUT2D eigenvalue weighted by Gasteiger charge is -2.29. The lowest BCUT2D eigenvalue weighted by Crippen LogP contribution is -2.37. The zero-order valence-electron chi connectivity index (χ0n) is 14.5. The molecule has 0 bridgehead atoms. The first-order valence-corrected chi connectivity index (χ1v) is 8.95. The Morgan fingerprint density at radius 1 is 1.17 bits per heavy atom. The molecule has 0 aromatic heterocycles. The van der Waals surface area contributed by atoms with Crippen molar-refractivity contribution in [1.29, 1.82) is 0 Å². The van der Waals surface area contributed by atoms with E-state index in [4.69, 9.17) is 4.74 Å². The van der Waals surface area contributed by atoms with Crippen LogP contribution < -0.4 is 0 Å². The van der Waals surface area contributed by atoms with Crippen molar-refractivity contribution in [3.8, 4) is 0 Å². The molecular formula is C20H27NO2. The van der Waals surface area contributed by atoms with Gasteiger partial charge < -0.3 is 9.64 Å². The van der Waals surface area contributed by atoms with Crippen LogP contribution in [0.1, 0.15) is 76.0 Å². The van der Waals surface area contributed by atoms with E-state index in [1.807, 2.05) is 25.7 Å². The SMILES string of the molecule is CC(C)(C)OC(=O)N1CC2(CC2)CC1c1ccccc1C1CC1. The fraction of sp³-hybridized carbons (Fsp3) is 0.650. The highest BCUT2D eigenvalue weighted by Crippen LogP contribution is 2.59. The van der Waals surface area contributed by atoms with Gasteiger partial charge in [-0.1, -0.05) is 24.3 Å². The molecule has 3 nitrogen and oxygen atoms in total. The van der Waals surface area contributed by atoms with Gasteiger partial charge in [0, 0.05) is 6.54 Å². The second-order valence-electron chi connectivity index (χ2n) is 8.73. The Morgan fingerprint density at radius 3 is 2.39 bits per heavy atom. The van der Waals surface area contributed by atoms with E-state index < -0.39 is 5.60 Å². The number of ether oxygens (including phenoxy) is 1. The van der Waals surface area contributed by atoms with Crippen LogP contribution in [0.15, 0.2) is 24.3 Å². The second-order valence-corrected chi connectivity index (χ2v) is 8.73. The van der Waals surface area contributed by atoms with Crippen LogP contribution in [0.3, 0.4) is 0 Å². The summed E-state index contributed by atoms with van der Waals surface area (Å²) in [6.45, 7) is 6.70. The van der Waals surface area contributed by atoms with Crippen LogP contribution in [-0.4, -0.2) is 23.1 Å². The average Bonchev–Trinajstić information content (AvgIpc) is 3.36. The molecule has 1 heterocycles. The molecule has 1 atom stereocenters. The van der Waals surface area contributed by atoms with Gasteiger partial charge in [0.1, 0.15) is 5.60 Å². The van der Waals surface area contributed by atoms with Gasteiger partial charge in [-0.3, -0.25) is 0 Å². The number of likely N-dealkylation sites (tertiary alicyclic amines) is 1. The van der Waals surface area contributed by atoms with Crippen LogP contribution in [0.5, 0.6) is 0 Å². The molecule has 0 radical (unpaired) electrons. The van der Waals surface area contributed by atoms with Crippen LogP contribution in [-0.2, 0) is 4.74 Å². The van der Waals surface area contributed by atoms with Crippen molar-refractivity contribution >= 4 is 6.09 Å². The van der Waals surface area contributed by atoms with Crippen LogP contribution >= 0.6 is 0 Å². The summed E-state index contributed by atoms with van der Waals surface area (Å²) in [6.07, 6.45) is 6.07. The molecule has 3 fully saturated rings. The Balaban J connectivity index is 1.64. The van der Waals surface area contributed by atoms with Gasteiger partial charge in [0.15, 0.2) is 0 Å². The minimum absolute atomic E-state index is 0.142. The predicted molar refractivity (Wildman–Crippen MR) is 90.4 cm³/mol. The quantitative estimate of drug-likeness (QED) is 0.766. The van der Waals surface area contributed by atoms with Crippen molar-refractivity contribution in [3.05, 3.63) is 35.4 Å². The molecule has 1 aliphatic heterocycles. The smallest absolute Gasteiger partial charge is 0.410 e. The van der Waals surface area contributed by atoms with E-state index >= 15 is 0 Å². The zero-order valence-corrected chi connectivity index (χ0v) is 14.5. The zero-order chi connectivity index (χ0) is 16.2. The maximum atomic E-state index is 12.8. The summed E-state index contributed by atoms with van der Waals surface area (Å²) in [6, 6.07) is 8.95. The van der Waals surface area contributed by atoms with Gasteiger partial charge >= 0.3 is 6.09 Å². The highest BCUT2D eigenvalue weighted by atomic mass is 16.6. The second kappa shape index (κ2) is 4.99. The van der Waals surface area contributed by atoms with Crippen molar-refractivity contribution < 1.29 is 9.53 Å². The van der Waals surface area contributed by atoms with Crippen molar-refractivity contribution in [2.75, 3.05) is 6.54 Å². The van der Waals surface area contributed by atoms with Gasteiger partial charge in [-0.2, -0.15) is 0 Å². The maximum Gasteiger partial charge on any atom is 0.410 e. The molecule has 0 N–H and O–H groups in total. The van der Waals surface area contributed by atoms with Gasteiger partial charge in [-0.15, -0.1) is 0 Å². The van der Waals surface area contributed by atoms with Crippen molar-refractivity contribution in [1.82, 2.24) is 4.90 Å². The van der Waals surface area contributed by atoms with Crippen LogP contribution in [0.4, 0.5) is 4.79 Å². The first-order chi connectivity index (χ1) is 10.9. The van der Waals surface area contributed by atoms with E-state index in [1.165, 1.54) is 36.8 Å². The number of carbonyl (C=O) groups excluding carboxylic acids is 1. The van der Waals surface area contributed by atoms with Crippen LogP contribution in [0, 0.1) is 5.41 Å². The van der Waals surface area contributed by atoms with Crippen molar-refractivity contribution in [3.63, 3.8) is 0 Å². The molecule has 1 aromatic rings. The Kier molecular flexibility index (Phi) is 3.26. The molecule has 1 unspecified atom stereocenters. The standard InChI is InChI=1S/C20H27NO2/c1-19(2,3)23-18(22)21-13-20(10-11-20)12-17(21)16-7-5-4-6-15(16)14-8-9-14/h4-7,14,17H,8-13H2,1-3H3. The number of rotatable bonds is 2. The topological polar surface area (TPSA) is 29.5 Å². The molecule has 1 spiro atoms. The molecule has 3 heteroatoms. The van der Waals surface area contributed by atoms with Gasteiger partial charge in [-0.05, 0) is 75.3 Å². The number of nitrogens with zero attached hydrogens (tertiary/aromatic N) is 1. The molecule has 3 aliphatic rings. The summed E-state index contributed by atoms with van der Waals surface area (Å²) in [4.78, 5) is 14.8. The number of hydrogen-bond acceptors (Lipinski definition) is 2. The van der Waals surface area contributed by atoms with E-state index in [1.54, 1.807) is 0 Å². The summed E-state index contributed by atoms with van der Waals surface area (Å²) in [5.74, 6) is 0.711. The number of benzene rings is 1. The Morgan fingerprint density at radius 2 is 1.83 bits per heavy atom. The molecule has 124 valence electrons. The number of amides is 1. The lowest BCUT2D eigenvalue weighted by atomic mass is 9.92. The van der Waals surface area contributed by atoms with E-state index in [0.29, 0.717) is 11.3 Å².